The number of hydrogen-bond donors (Lipinski definition) is 2. The first kappa shape index (κ1) is 15.5. The number of nitrogens with zero attached hydrogens (tertiary/aromatic N) is 2. The van der Waals surface area contributed by atoms with Crippen LogP contribution in [0, 0.1) is 0 Å². The molecule has 120 valence electrons. The quantitative estimate of drug-likeness (QED) is 0.702. The van der Waals surface area contributed by atoms with E-state index >= 15 is 0 Å². The number of aromatic amines is 1. The third-order valence-electron chi connectivity index (χ3n) is 3.98. The third kappa shape index (κ3) is 3.68. The van der Waals surface area contributed by atoms with Crippen LogP contribution in [0.3, 0.4) is 0 Å². The molecule has 0 aliphatic carbocycles. The van der Waals surface area contributed by atoms with E-state index in [-0.39, 0.29) is 0 Å². The van der Waals surface area contributed by atoms with Gasteiger partial charge < -0.3 is 15.0 Å². The van der Waals surface area contributed by atoms with Crippen molar-refractivity contribution in [1.29, 1.82) is 0 Å². The molecule has 2 heterocycles. The Morgan fingerprint density at radius 2 is 2.04 bits per heavy atom. The minimum atomic E-state index is 0.482. The van der Waals surface area contributed by atoms with Crippen LogP contribution in [0.5, 0.6) is 5.88 Å². The fourth-order valence-corrected chi connectivity index (χ4v) is 2.37. The fraction of sp³-hybridized carbons (Fsp3) is 0.333. The molecule has 0 bridgehead atoms. The monoisotopic (exact) mass is 310 g/mol. The second-order valence-electron chi connectivity index (χ2n) is 5.68. The van der Waals surface area contributed by atoms with Gasteiger partial charge in [-0.15, -0.1) is 0 Å². The highest BCUT2D eigenvalue weighted by Crippen LogP contribution is 2.23. The van der Waals surface area contributed by atoms with Crippen LogP contribution in [0.15, 0.2) is 42.9 Å². The van der Waals surface area contributed by atoms with Crippen molar-refractivity contribution in [3.05, 3.63) is 54.0 Å². The summed E-state index contributed by atoms with van der Waals surface area (Å²) >= 11 is 0. The van der Waals surface area contributed by atoms with Crippen LogP contribution in [-0.2, 0) is 13.2 Å². The Balaban J connectivity index is 1.75. The maximum atomic E-state index is 5.86. The summed E-state index contributed by atoms with van der Waals surface area (Å²) in [6.07, 6.45) is 4.64. The van der Waals surface area contributed by atoms with Gasteiger partial charge in [-0.25, -0.2) is 4.98 Å². The SMILES string of the molecule is CCC(C)NCc1c[nH]c2c(OCc3ccccc3)ncnc12. The Morgan fingerprint density at radius 3 is 2.83 bits per heavy atom. The average Bonchev–Trinajstić information content (AvgIpc) is 3.02. The molecule has 0 amide bonds. The van der Waals surface area contributed by atoms with E-state index in [4.69, 9.17) is 4.74 Å². The number of rotatable bonds is 7. The first-order valence-electron chi connectivity index (χ1n) is 7.99. The van der Waals surface area contributed by atoms with Gasteiger partial charge in [0, 0.05) is 24.3 Å². The van der Waals surface area contributed by atoms with Gasteiger partial charge in [0.2, 0.25) is 5.88 Å². The zero-order valence-electron chi connectivity index (χ0n) is 13.5. The van der Waals surface area contributed by atoms with Crippen LogP contribution in [0.2, 0.25) is 0 Å². The molecule has 0 saturated heterocycles. The molecule has 2 N–H and O–H groups in total. The molecule has 0 radical (unpaired) electrons. The molecular formula is C18H22N4O. The number of nitrogens with one attached hydrogen (secondary N) is 2. The molecule has 1 atom stereocenters. The summed E-state index contributed by atoms with van der Waals surface area (Å²) in [5.41, 5.74) is 4.01. The highest BCUT2D eigenvalue weighted by Gasteiger charge is 2.11. The highest BCUT2D eigenvalue weighted by molar-refractivity contribution is 5.82. The lowest BCUT2D eigenvalue weighted by Gasteiger charge is -2.10. The Hall–Kier alpha value is -2.40. The van der Waals surface area contributed by atoms with Crippen molar-refractivity contribution in [3.63, 3.8) is 0 Å². The molecule has 5 nitrogen and oxygen atoms in total. The summed E-state index contributed by atoms with van der Waals surface area (Å²) in [5.74, 6) is 0.591. The molecular weight excluding hydrogens is 288 g/mol. The number of aromatic nitrogens is 3. The van der Waals surface area contributed by atoms with Gasteiger partial charge in [0.25, 0.3) is 0 Å². The third-order valence-corrected chi connectivity index (χ3v) is 3.98. The number of ether oxygens (including phenoxy) is 1. The molecule has 23 heavy (non-hydrogen) atoms. The van der Waals surface area contributed by atoms with E-state index in [1.807, 2.05) is 36.5 Å². The largest absolute Gasteiger partial charge is 0.471 e. The lowest BCUT2D eigenvalue weighted by Crippen LogP contribution is -2.24. The van der Waals surface area contributed by atoms with Crippen LogP contribution >= 0.6 is 0 Å². The second-order valence-corrected chi connectivity index (χ2v) is 5.68. The van der Waals surface area contributed by atoms with E-state index in [0.717, 1.165) is 35.1 Å². The maximum absolute atomic E-state index is 5.86. The molecule has 3 rings (SSSR count). The minimum absolute atomic E-state index is 0.482. The molecule has 0 spiro atoms. The van der Waals surface area contributed by atoms with E-state index in [2.05, 4.69) is 34.1 Å². The Kier molecular flexibility index (Phi) is 4.88. The Bertz CT molecular complexity index is 754. The van der Waals surface area contributed by atoms with Gasteiger partial charge in [-0.2, -0.15) is 4.98 Å². The van der Waals surface area contributed by atoms with Crippen LogP contribution in [0.25, 0.3) is 11.0 Å². The van der Waals surface area contributed by atoms with E-state index in [9.17, 15) is 0 Å². The average molecular weight is 310 g/mol. The van der Waals surface area contributed by atoms with Crippen molar-refractivity contribution in [3.8, 4) is 5.88 Å². The van der Waals surface area contributed by atoms with Gasteiger partial charge in [-0.05, 0) is 18.9 Å². The molecule has 0 aliphatic rings. The first-order chi connectivity index (χ1) is 11.3. The van der Waals surface area contributed by atoms with Crippen LogP contribution in [0.4, 0.5) is 0 Å². The molecule has 1 unspecified atom stereocenters. The summed E-state index contributed by atoms with van der Waals surface area (Å²) in [6, 6.07) is 10.6. The molecule has 3 aromatic rings. The predicted octanol–water partition coefficient (Wildman–Crippen LogP) is 3.43. The minimum Gasteiger partial charge on any atom is -0.471 e. The van der Waals surface area contributed by atoms with Gasteiger partial charge in [0.1, 0.15) is 18.5 Å². The van der Waals surface area contributed by atoms with Gasteiger partial charge in [-0.3, -0.25) is 0 Å². The summed E-state index contributed by atoms with van der Waals surface area (Å²) < 4.78 is 5.86. The summed E-state index contributed by atoms with van der Waals surface area (Å²) in [4.78, 5) is 11.9. The second kappa shape index (κ2) is 7.24. The van der Waals surface area contributed by atoms with Crippen LogP contribution in [0.1, 0.15) is 31.4 Å². The lowest BCUT2D eigenvalue weighted by atomic mass is 10.2. The molecule has 0 saturated carbocycles. The normalized spacial score (nSPS) is 12.4. The summed E-state index contributed by atoms with van der Waals surface area (Å²) in [5, 5.41) is 3.48. The van der Waals surface area contributed by atoms with E-state index in [0.29, 0.717) is 18.5 Å². The van der Waals surface area contributed by atoms with E-state index in [1.54, 1.807) is 6.33 Å². The number of benzene rings is 1. The first-order valence-corrected chi connectivity index (χ1v) is 7.99. The number of hydrogen-bond acceptors (Lipinski definition) is 4. The van der Waals surface area contributed by atoms with Crippen LogP contribution < -0.4 is 10.1 Å². The van der Waals surface area contributed by atoms with Gasteiger partial charge in [0.05, 0.1) is 5.52 Å². The topological polar surface area (TPSA) is 62.8 Å². The van der Waals surface area contributed by atoms with Gasteiger partial charge in [0.15, 0.2) is 0 Å². The maximum Gasteiger partial charge on any atom is 0.241 e. The van der Waals surface area contributed by atoms with Crippen molar-refractivity contribution in [2.45, 2.75) is 39.5 Å². The van der Waals surface area contributed by atoms with Gasteiger partial charge >= 0.3 is 0 Å². The lowest BCUT2D eigenvalue weighted by molar-refractivity contribution is 0.297. The van der Waals surface area contributed by atoms with Crippen molar-refractivity contribution >= 4 is 11.0 Å². The summed E-state index contributed by atoms with van der Waals surface area (Å²) in [6.45, 7) is 5.62. The van der Waals surface area contributed by atoms with Gasteiger partial charge in [-0.1, -0.05) is 37.3 Å². The number of H-pyrrole nitrogens is 1. The number of fused-ring (bicyclic) bond motifs is 1. The van der Waals surface area contributed by atoms with E-state index in [1.165, 1.54) is 0 Å². The molecule has 0 fully saturated rings. The van der Waals surface area contributed by atoms with Crippen molar-refractivity contribution in [2.75, 3.05) is 0 Å². The Morgan fingerprint density at radius 1 is 1.22 bits per heavy atom. The van der Waals surface area contributed by atoms with Crippen LogP contribution in [-0.4, -0.2) is 21.0 Å². The highest BCUT2D eigenvalue weighted by atomic mass is 16.5. The standard InChI is InChI=1S/C18H22N4O/c1-3-13(2)19-9-15-10-20-17-16(15)21-12-22-18(17)23-11-14-7-5-4-6-8-14/h4-8,10,12-13,19-20H,3,9,11H2,1-2H3. The van der Waals surface area contributed by atoms with Crippen molar-refractivity contribution in [1.82, 2.24) is 20.3 Å². The van der Waals surface area contributed by atoms with Crippen molar-refractivity contribution in [2.24, 2.45) is 0 Å². The molecule has 5 heteroatoms. The molecule has 1 aromatic carbocycles. The van der Waals surface area contributed by atoms with E-state index < -0.39 is 0 Å². The van der Waals surface area contributed by atoms with Crippen molar-refractivity contribution < 1.29 is 4.74 Å². The smallest absolute Gasteiger partial charge is 0.241 e. The zero-order valence-corrected chi connectivity index (χ0v) is 13.5. The zero-order chi connectivity index (χ0) is 16.1. The molecule has 0 aliphatic heterocycles. The molecule has 2 aromatic heterocycles. The predicted molar refractivity (Wildman–Crippen MR) is 91.3 cm³/mol. The fourth-order valence-electron chi connectivity index (χ4n) is 2.37. The summed E-state index contributed by atoms with van der Waals surface area (Å²) in [7, 11) is 0. The Labute approximate surface area is 136 Å².